The normalized spacial score (nSPS) is 18.6. The van der Waals surface area contributed by atoms with Gasteiger partial charge in [0.15, 0.2) is 0 Å². The van der Waals surface area contributed by atoms with Gasteiger partial charge in [-0.2, -0.15) is 0 Å². The highest BCUT2D eigenvalue weighted by atomic mass is 32.2. The van der Waals surface area contributed by atoms with E-state index in [0.717, 1.165) is 30.8 Å². The van der Waals surface area contributed by atoms with E-state index in [1.807, 2.05) is 11.8 Å². The van der Waals surface area contributed by atoms with E-state index in [9.17, 15) is 4.79 Å². The number of carbonyl (C=O) groups is 1. The largest absolute Gasteiger partial charge is 0.348 e. The van der Waals surface area contributed by atoms with Gasteiger partial charge in [-0.15, -0.1) is 11.8 Å². The van der Waals surface area contributed by atoms with E-state index in [0.29, 0.717) is 6.04 Å². The van der Waals surface area contributed by atoms with Crippen molar-refractivity contribution in [3.63, 3.8) is 0 Å². The summed E-state index contributed by atoms with van der Waals surface area (Å²) in [6.07, 6.45) is 4.75. The third-order valence-electron chi connectivity index (χ3n) is 4.38. The standard InChI is InChI=1S/C16H18N2OS/c19-16(17-12-5-1-2-6-12)13-10-11-4-3-7-14-15(11)18(13)8-9-20-14/h3-4,7,10,12H,1-2,5-6,8-9H2,(H,17,19). The van der Waals surface area contributed by atoms with Crippen LogP contribution in [0.5, 0.6) is 0 Å². The van der Waals surface area contributed by atoms with E-state index >= 15 is 0 Å². The third kappa shape index (κ3) is 1.94. The number of nitrogens with zero attached hydrogens (tertiary/aromatic N) is 1. The number of benzene rings is 1. The first kappa shape index (κ1) is 12.3. The molecule has 0 spiro atoms. The van der Waals surface area contributed by atoms with Crippen LogP contribution in [0.1, 0.15) is 36.2 Å². The fraction of sp³-hybridized carbons (Fsp3) is 0.438. The molecule has 3 nitrogen and oxygen atoms in total. The molecule has 2 aliphatic rings. The van der Waals surface area contributed by atoms with Gasteiger partial charge < -0.3 is 9.88 Å². The minimum Gasteiger partial charge on any atom is -0.348 e. The number of rotatable bonds is 2. The van der Waals surface area contributed by atoms with Gasteiger partial charge in [-0.05, 0) is 25.0 Å². The summed E-state index contributed by atoms with van der Waals surface area (Å²) in [4.78, 5) is 13.8. The fourth-order valence-electron chi connectivity index (χ4n) is 3.40. The van der Waals surface area contributed by atoms with E-state index in [1.165, 1.54) is 28.6 Å². The maximum atomic E-state index is 12.5. The molecule has 104 valence electrons. The Balaban J connectivity index is 1.73. The van der Waals surface area contributed by atoms with Crippen molar-refractivity contribution in [1.29, 1.82) is 0 Å². The number of thioether (sulfide) groups is 1. The summed E-state index contributed by atoms with van der Waals surface area (Å²) >= 11 is 1.89. The van der Waals surface area contributed by atoms with Crippen molar-refractivity contribution < 1.29 is 4.79 Å². The minimum absolute atomic E-state index is 0.103. The average molecular weight is 286 g/mol. The minimum atomic E-state index is 0.103. The average Bonchev–Trinajstić information content (AvgIpc) is 3.09. The Morgan fingerprint density at radius 1 is 1.30 bits per heavy atom. The van der Waals surface area contributed by atoms with Crippen molar-refractivity contribution in [2.24, 2.45) is 0 Å². The Morgan fingerprint density at radius 2 is 2.15 bits per heavy atom. The molecule has 4 heteroatoms. The summed E-state index contributed by atoms with van der Waals surface area (Å²) in [5.74, 6) is 1.15. The van der Waals surface area contributed by atoms with Gasteiger partial charge in [-0.25, -0.2) is 0 Å². The zero-order valence-electron chi connectivity index (χ0n) is 11.4. The molecule has 2 heterocycles. The van der Waals surface area contributed by atoms with E-state index in [-0.39, 0.29) is 5.91 Å². The molecule has 1 aliphatic heterocycles. The van der Waals surface area contributed by atoms with Crippen LogP contribution in [0.4, 0.5) is 0 Å². The predicted molar refractivity (Wildman–Crippen MR) is 82.4 cm³/mol. The van der Waals surface area contributed by atoms with Crippen LogP contribution < -0.4 is 5.32 Å². The number of hydrogen-bond acceptors (Lipinski definition) is 2. The quantitative estimate of drug-likeness (QED) is 0.918. The van der Waals surface area contributed by atoms with Crippen molar-refractivity contribution in [2.75, 3.05) is 5.75 Å². The summed E-state index contributed by atoms with van der Waals surface area (Å²) in [5, 5.41) is 4.39. The first-order chi connectivity index (χ1) is 9.83. The lowest BCUT2D eigenvalue weighted by atomic mass is 10.2. The van der Waals surface area contributed by atoms with E-state index in [1.54, 1.807) is 0 Å². The Hall–Kier alpha value is -1.42. The molecule has 0 unspecified atom stereocenters. The van der Waals surface area contributed by atoms with Gasteiger partial charge in [0, 0.05) is 28.6 Å². The smallest absolute Gasteiger partial charge is 0.268 e. The van der Waals surface area contributed by atoms with Crippen molar-refractivity contribution in [2.45, 2.75) is 43.2 Å². The molecular weight excluding hydrogens is 268 g/mol. The number of hydrogen-bond donors (Lipinski definition) is 1. The Bertz CT molecular complexity index is 670. The molecule has 1 aromatic carbocycles. The molecule has 0 saturated heterocycles. The van der Waals surface area contributed by atoms with Gasteiger partial charge in [-0.1, -0.05) is 25.0 Å². The van der Waals surface area contributed by atoms with Crippen LogP contribution in [0.15, 0.2) is 29.2 Å². The summed E-state index contributed by atoms with van der Waals surface area (Å²) in [5.41, 5.74) is 2.07. The number of amides is 1. The molecule has 20 heavy (non-hydrogen) atoms. The molecule has 2 aromatic rings. The maximum absolute atomic E-state index is 12.5. The lowest BCUT2D eigenvalue weighted by molar-refractivity contribution is 0.0929. The molecule has 1 fully saturated rings. The van der Waals surface area contributed by atoms with Crippen molar-refractivity contribution in [1.82, 2.24) is 9.88 Å². The lowest BCUT2D eigenvalue weighted by Crippen LogP contribution is -2.34. The first-order valence-electron chi connectivity index (χ1n) is 7.39. The topological polar surface area (TPSA) is 34.0 Å². The molecule has 0 atom stereocenters. The van der Waals surface area contributed by atoms with Gasteiger partial charge >= 0.3 is 0 Å². The number of nitrogens with one attached hydrogen (secondary N) is 1. The molecule has 1 amide bonds. The number of aromatic nitrogens is 1. The predicted octanol–water partition coefficient (Wildman–Crippen LogP) is 3.42. The van der Waals surface area contributed by atoms with E-state index < -0.39 is 0 Å². The van der Waals surface area contributed by atoms with Gasteiger partial charge in [0.25, 0.3) is 5.91 Å². The van der Waals surface area contributed by atoms with Crippen molar-refractivity contribution >= 4 is 28.6 Å². The SMILES string of the molecule is O=C(NC1CCCC1)c1cc2cccc3c2n1CCS3. The van der Waals surface area contributed by atoms with Crippen molar-refractivity contribution in [3.05, 3.63) is 30.0 Å². The lowest BCUT2D eigenvalue weighted by Gasteiger charge is -2.18. The Labute approximate surface area is 122 Å². The maximum Gasteiger partial charge on any atom is 0.268 e. The molecule has 1 aliphatic carbocycles. The highest BCUT2D eigenvalue weighted by Crippen LogP contribution is 2.34. The van der Waals surface area contributed by atoms with Gasteiger partial charge in [0.1, 0.15) is 5.69 Å². The van der Waals surface area contributed by atoms with Gasteiger partial charge in [-0.3, -0.25) is 4.79 Å². The zero-order chi connectivity index (χ0) is 13.5. The summed E-state index contributed by atoms with van der Waals surface area (Å²) < 4.78 is 2.20. The van der Waals surface area contributed by atoms with Gasteiger partial charge in [0.2, 0.25) is 0 Å². The van der Waals surface area contributed by atoms with Gasteiger partial charge in [0.05, 0.1) is 5.52 Å². The summed E-state index contributed by atoms with van der Waals surface area (Å²) in [7, 11) is 0. The van der Waals surface area contributed by atoms with Crippen molar-refractivity contribution in [3.8, 4) is 0 Å². The highest BCUT2D eigenvalue weighted by Gasteiger charge is 2.23. The van der Waals surface area contributed by atoms with Crippen LogP contribution in [0.3, 0.4) is 0 Å². The summed E-state index contributed by atoms with van der Waals surface area (Å²) in [6.45, 7) is 0.929. The number of para-hydroxylation sites is 1. The van der Waals surface area contributed by atoms with Crippen LogP contribution in [0, 0.1) is 0 Å². The molecule has 1 aromatic heterocycles. The zero-order valence-corrected chi connectivity index (χ0v) is 12.2. The highest BCUT2D eigenvalue weighted by molar-refractivity contribution is 7.99. The molecule has 4 rings (SSSR count). The number of aryl methyl sites for hydroxylation is 1. The van der Waals surface area contributed by atoms with E-state index in [2.05, 4.69) is 34.1 Å². The van der Waals surface area contributed by atoms with Crippen LogP contribution in [0.25, 0.3) is 10.9 Å². The number of carbonyl (C=O) groups excluding carboxylic acids is 1. The molecule has 1 saturated carbocycles. The second-order valence-electron chi connectivity index (χ2n) is 5.68. The fourth-order valence-corrected chi connectivity index (χ4v) is 4.44. The Morgan fingerprint density at radius 3 is 3.00 bits per heavy atom. The first-order valence-corrected chi connectivity index (χ1v) is 8.37. The molecular formula is C16H18N2OS. The molecule has 1 N–H and O–H groups in total. The van der Waals surface area contributed by atoms with Crippen LogP contribution >= 0.6 is 11.8 Å². The Kier molecular flexibility index (Phi) is 2.99. The van der Waals surface area contributed by atoms with Crippen LogP contribution in [0.2, 0.25) is 0 Å². The second kappa shape index (κ2) is 4.85. The van der Waals surface area contributed by atoms with Crippen LogP contribution in [-0.4, -0.2) is 22.3 Å². The monoisotopic (exact) mass is 286 g/mol. The van der Waals surface area contributed by atoms with Crippen LogP contribution in [-0.2, 0) is 6.54 Å². The molecule has 0 radical (unpaired) electrons. The summed E-state index contributed by atoms with van der Waals surface area (Å²) in [6, 6.07) is 8.77. The second-order valence-corrected chi connectivity index (χ2v) is 6.82. The van der Waals surface area contributed by atoms with E-state index in [4.69, 9.17) is 0 Å². The third-order valence-corrected chi connectivity index (χ3v) is 5.41. The molecule has 0 bridgehead atoms.